The van der Waals surface area contributed by atoms with E-state index >= 15 is 0 Å². The third-order valence-corrected chi connectivity index (χ3v) is 5.74. The fourth-order valence-corrected chi connectivity index (χ4v) is 4.17. The lowest BCUT2D eigenvalue weighted by Crippen LogP contribution is -2.20. The number of hydrogen-bond donors (Lipinski definition) is 0. The van der Waals surface area contributed by atoms with Crippen molar-refractivity contribution in [3.63, 3.8) is 0 Å². The van der Waals surface area contributed by atoms with Crippen molar-refractivity contribution >= 4 is 17.6 Å². The summed E-state index contributed by atoms with van der Waals surface area (Å²) in [4.78, 5) is 23.6. The molecule has 2 aliphatic carbocycles. The minimum Gasteiger partial charge on any atom is -0.300 e. The maximum atomic E-state index is 12.2. The van der Waals surface area contributed by atoms with E-state index < -0.39 is 0 Å². The molecule has 0 radical (unpaired) electrons. The van der Waals surface area contributed by atoms with Crippen LogP contribution in [0.1, 0.15) is 68.6 Å². The van der Waals surface area contributed by atoms with Crippen molar-refractivity contribution < 1.29 is 9.59 Å². The first-order valence-corrected chi connectivity index (χ1v) is 9.42. The van der Waals surface area contributed by atoms with Crippen LogP contribution in [0.3, 0.4) is 0 Å². The van der Waals surface area contributed by atoms with Gasteiger partial charge in [-0.1, -0.05) is 36.8 Å². The first-order chi connectivity index (χ1) is 11.6. The second kappa shape index (κ2) is 7.92. The molecule has 0 heterocycles. The quantitative estimate of drug-likeness (QED) is 0.712. The maximum absolute atomic E-state index is 12.2. The highest BCUT2D eigenvalue weighted by molar-refractivity contribution is 5.81. The number of carbonyl (C=O) groups excluding carboxylic acids is 2. The van der Waals surface area contributed by atoms with E-state index in [1.165, 1.54) is 11.1 Å². The summed E-state index contributed by atoms with van der Waals surface area (Å²) in [5, 5.41) is 0. The van der Waals surface area contributed by atoms with E-state index in [1.807, 2.05) is 0 Å². The van der Waals surface area contributed by atoms with Gasteiger partial charge in [-0.2, -0.15) is 0 Å². The normalized spacial score (nSPS) is 22.4. The molecule has 128 valence electrons. The zero-order valence-corrected chi connectivity index (χ0v) is 14.7. The number of benzene rings is 1. The Bertz CT molecular complexity index is 633. The highest BCUT2D eigenvalue weighted by Gasteiger charge is 2.23. The highest BCUT2D eigenvalue weighted by Crippen LogP contribution is 2.32. The molecule has 1 fully saturated rings. The molecule has 24 heavy (non-hydrogen) atoms. The molecule has 2 aliphatic rings. The summed E-state index contributed by atoms with van der Waals surface area (Å²) in [6.07, 6.45) is 13.2. The molecule has 0 saturated heterocycles. The molecule has 0 unspecified atom stereocenters. The van der Waals surface area contributed by atoms with Crippen LogP contribution in [0.15, 0.2) is 24.3 Å². The molecule has 0 N–H and O–H groups in total. The largest absolute Gasteiger partial charge is 0.300 e. The summed E-state index contributed by atoms with van der Waals surface area (Å²) in [6.45, 7) is 1.72. The van der Waals surface area contributed by atoms with Crippen molar-refractivity contribution in [2.75, 3.05) is 0 Å². The molecule has 0 amide bonds. The minimum absolute atomic E-state index is 0.303. The van der Waals surface area contributed by atoms with Crippen molar-refractivity contribution in [3.8, 4) is 0 Å². The molecule has 0 bridgehead atoms. The zero-order valence-electron chi connectivity index (χ0n) is 14.7. The second-order valence-corrected chi connectivity index (χ2v) is 7.58. The van der Waals surface area contributed by atoms with E-state index in [0.29, 0.717) is 30.3 Å². The van der Waals surface area contributed by atoms with Gasteiger partial charge in [0.25, 0.3) is 0 Å². The lowest BCUT2D eigenvalue weighted by Gasteiger charge is -2.26. The Morgan fingerprint density at radius 1 is 1.12 bits per heavy atom. The van der Waals surface area contributed by atoms with Gasteiger partial charge in [0.05, 0.1) is 0 Å². The Hall–Kier alpha value is -1.70. The Morgan fingerprint density at radius 3 is 2.67 bits per heavy atom. The fraction of sp³-hybridized carbons (Fsp3) is 0.545. The third kappa shape index (κ3) is 4.43. The monoisotopic (exact) mass is 324 g/mol. The number of hydrogen-bond acceptors (Lipinski definition) is 2. The van der Waals surface area contributed by atoms with E-state index in [2.05, 4.69) is 30.4 Å². The second-order valence-electron chi connectivity index (χ2n) is 7.58. The van der Waals surface area contributed by atoms with Gasteiger partial charge in [-0.25, -0.2) is 0 Å². The van der Waals surface area contributed by atoms with Crippen molar-refractivity contribution in [1.82, 2.24) is 0 Å². The Kier molecular flexibility index (Phi) is 5.65. The summed E-state index contributed by atoms with van der Waals surface area (Å²) in [6, 6.07) is 6.43. The molecule has 0 atom stereocenters. The number of carbonyl (C=O) groups is 2. The van der Waals surface area contributed by atoms with E-state index in [1.54, 1.807) is 6.92 Å². The lowest BCUT2D eigenvalue weighted by atomic mass is 9.78. The van der Waals surface area contributed by atoms with Crippen molar-refractivity contribution in [2.24, 2.45) is 11.8 Å². The summed E-state index contributed by atoms with van der Waals surface area (Å²) in [5.41, 5.74) is 3.79. The fourth-order valence-electron chi connectivity index (χ4n) is 4.17. The summed E-state index contributed by atoms with van der Waals surface area (Å²) in [7, 11) is 0. The lowest BCUT2D eigenvalue weighted by molar-refractivity contribution is -0.121. The van der Waals surface area contributed by atoms with Gasteiger partial charge in [-0.3, -0.25) is 9.59 Å². The van der Waals surface area contributed by atoms with Crippen LogP contribution in [0.2, 0.25) is 0 Å². The Balaban J connectivity index is 1.37. The van der Waals surface area contributed by atoms with Gasteiger partial charge >= 0.3 is 0 Å². The number of rotatable bonds is 7. The average Bonchev–Trinajstić information content (AvgIpc) is 3.03. The number of Topliss-reactive ketones (excluding diaryl/α,β-unsaturated/α-hetero) is 2. The standard InChI is InChI=1S/C22H28O2/c1-16(23)19-11-8-17(9-12-19)4-2-7-22(24)15-18-10-13-20-5-3-6-21(20)14-18/h3,6,10,13-14,17,19H,2,4-5,7-9,11-12,15H2,1H3. The van der Waals surface area contributed by atoms with Gasteiger partial charge in [0.15, 0.2) is 0 Å². The molecule has 0 spiro atoms. The van der Waals surface area contributed by atoms with Crippen LogP contribution in [-0.2, 0) is 22.4 Å². The maximum Gasteiger partial charge on any atom is 0.137 e. The number of fused-ring (bicyclic) bond motifs is 1. The molecular formula is C22H28O2. The molecule has 1 saturated carbocycles. The number of ketones is 2. The minimum atomic E-state index is 0.303. The van der Waals surface area contributed by atoms with Gasteiger partial charge in [0.1, 0.15) is 11.6 Å². The van der Waals surface area contributed by atoms with Gasteiger partial charge < -0.3 is 0 Å². The molecule has 3 rings (SSSR count). The SMILES string of the molecule is CC(=O)C1CCC(CCCC(=O)Cc2ccc3c(c2)C=CC3)CC1. The summed E-state index contributed by atoms with van der Waals surface area (Å²) < 4.78 is 0. The van der Waals surface area contributed by atoms with Crippen LogP contribution in [-0.4, -0.2) is 11.6 Å². The highest BCUT2D eigenvalue weighted by atomic mass is 16.1. The summed E-state index contributed by atoms with van der Waals surface area (Å²) >= 11 is 0. The van der Waals surface area contributed by atoms with Crippen LogP contribution in [0, 0.1) is 11.8 Å². The van der Waals surface area contributed by atoms with Gasteiger partial charge in [-0.15, -0.1) is 0 Å². The van der Waals surface area contributed by atoms with Gasteiger partial charge in [0, 0.05) is 18.8 Å². The molecular weight excluding hydrogens is 296 g/mol. The van der Waals surface area contributed by atoms with Crippen LogP contribution in [0.25, 0.3) is 6.08 Å². The van der Waals surface area contributed by atoms with Crippen molar-refractivity contribution in [2.45, 2.75) is 64.7 Å². The van der Waals surface area contributed by atoms with E-state index in [9.17, 15) is 9.59 Å². The number of allylic oxidation sites excluding steroid dienone is 1. The Labute approximate surface area is 145 Å². The first-order valence-electron chi connectivity index (χ1n) is 9.42. The average molecular weight is 324 g/mol. The molecule has 1 aromatic rings. The molecule has 0 aliphatic heterocycles. The molecule has 0 aromatic heterocycles. The predicted octanol–water partition coefficient (Wildman–Crippen LogP) is 4.93. The van der Waals surface area contributed by atoms with Crippen LogP contribution in [0.5, 0.6) is 0 Å². The first kappa shape index (κ1) is 17.1. The van der Waals surface area contributed by atoms with Gasteiger partial charge in [-0.05, 0) is 68.1 Å². The zero-order chi connectivity index (χ0) is 16.9. The third-order valence-electron chi connectivity index (χ3n) is 5.74. The van der Waals surface area contributed by atoms with Crippen molar-refractivity contribution in [3.05, 3.63) is 41.0 Å². The smallest absolute Gasteiger partial charge is 0.137 e. The molecule has 1 aromatic carbocycles. The van der Waals surface area contributed by atoms with Crippen molar-refractivity contribution in [1.29, 1.82) is 0 Å². The topological polar surface area (TPSA) is 34.1 Å². The van der Waals surface area contributed by atoms with E-state index in [0.717, 1.165) is 56.4 Å². The molecule has 2 nitrogen and oxygen atoms in total. The van der Waals surface area contributed by atoms with Crippen LogP contribution in [0.4, 0.5) is 0 Å². The predicted molar refractivity (Wildman–Crippen MR) is 97.9 cm³/mol. The van der Waals surface area contributed by atoms with Crippen LogP contribution < -0.4 is 0 Å². The van der Waals surface area contributed by atoms with E-state index in [4.69, 9.17) is 0 Å². The van der Waals surface area contributed by atoms with Gasteiger partial charge in [0.2, 0.25) is 0 Å². The molecule has 2 heteroatoms. The summed E-state index contributed by atoms with van der Waals surface area (Å²) in [5.74, 6) is 1.73. The van der Waals surface area contributed by atoms with Crippen LogP contribution >= 0.6 is 0 Å². The Morgan fingerprint density at radius 2 is 1.92 bits per heavy atom. The van der Waals surface area contributed by atoms with E-state index in [-0.39, 0.29) is 0 Å².